The molecule has 0 aromatic carbocycles. The molecule has 0 saturated carbocycles. The van der Waals surface area contributed by atoms with E-state index < -0.39 is 20.1 Å². The van der Waals surface area contributed by atoms with Crippen molar-refractivity contribution in [1.29, 1.82) is 0 Å². The first kappa shape index (κ1) is 37.7. The van der Waals surface area contributed by atoms with Crippen molar-refractivity contribution in [3.63, 3.8) is 0 Å². The van der Waals surface area contributed by atoms with Gasteiger partial charge in [-0.3, -0.25) is 0 Å². The van der Waals surface area contributed by atoms with Gasteiger partial charge in [0.2, 0.25) is 0 Å². The molecule has 1 unspecified atom stereocenters. The van der Waals surface area contributed by atoms with E-state index in [-0.39, 0.29) is 65.0 Å². The van der Waals surface area contributed by atoms with Gasteiger partial charge in [0.05, 0.1) is 5.60 Å². The van der Waals surface area contributed by atoms with Crippen LogP contribution in [0.15, 0.2) is 0 Å². The second kappa shape index (κ2) is 23.9. The summed E-state index contributed by atoms with van der Waals surface area (Å²) in [4.78, 5) is 32.2. The topological polar surface area (TPSA) is 134 Å². The average Bonchev–Trinajstić information content (AvgIpc) is 2.60. The summed E-state index contributed by atoms with van der Waals surface area (Å²) in [5, 5.41) is 8.76. The number of unbranched alkanes of at least 4 members (excludes halogenated alkanes) is 12. The second-order valence-electron chi connectivity index (χ2n) is 8.91. The Morgan fingerprint density at radius 3 is 1.50 bits per heavy atom. The summed E-state index contributed by atoms with van der Waals surface area (Å²) in [5.41, 5.74) is -0.320. The third-order valence-corrected chi connectivity index (χ3v) is 4.42. The summed E-state index contributed by atoms with van der Waals surface area (Å²) in [6.45, 7) is 7.87. The van der Waals surface area contributed by atoms with Crippen molar-refractivity contribution in [1.82, 2.24) is 0 Å². The monoisotopic (exact) mass is 510 g/mol. The number of rotatable bonds is 18. The van der Waals surface area contributed by atoms with Crippen LogP contribution in [0.5, 0.6) is 0 Å². The quantitative estimate of drug-likeness (QED) is 0.0957. The Morgan fingerprint density at radius 2 is 1.19 bits per heavy atom. The first-order valence-corrected chi connectivity index (χ1v) is 13.2. The molecule has 0 radical (unpaired) electrons. The predicted molar refractivity (Wildman–Crippen MR) is 124 cm³/mol. The van der Waals surface area contributed by atoms with Crippen LogP contribution in [0.1, 0.15) is 119 Å². The largest absolute Gasteiger partial charge is 1.00 e. The minimum absolute atomic E-state index is 0. The van der Waals surface area contributed by atoms with Crippen molar-refractivity contribution < 1.29 is 91.4 Å². The molecule has 0 spiro atoms. The minimum atomic E-state index is -4.64. The van der Waals surface area contributed by atoms with Crippen LogP contribution >= 0.6 is 7.82 Å². The summed E-state index contributed by atoms with van der Waals surface area (Å²) in [6.07, 6.45) is 17.5. The van der Waals surface area contributed by atoms with E-state index in [1.165, 1.54) is 70.6 Å². The molecule has 0 bridgehead atoms. The molecule has 8 nitrogen and oxygen atoms in total. The van der Waals surface area contributed by atoms with Crippen molar-refractivity contribution >= 4 is 13.8 Å². The molecule has 0 aromatic heterocycles. The summed E-state index contributed by atoms with van der Waals surface area (Å²) in [5.74, 6) is -0.946. The predicted octanol–water partition coefficient (Wildman–Crippen LogP) is 2.90. The number of hydrogen-bond donors (Lipinski definition) is 4. The molecule has 0 amide bonds. The molecular formula is C22H48KO8P. The van der Waals surface area contributed by atoms with Crippen LogP contribution in [-0.4, -0.2) is 44.3 Å². The van der Waals surface area contributed by atoms with Crippen molar-refractivity contribution in [3.8, 4) is 0 Å². The van der Waals surface area contributed by atoms with E-state index in [0.29, 0.717) is 0 Å². The summed E-state index contributed by atoms with van der Waals surface area (Å²) in [6, 6.07) is 0. The molecular weight excluding hydrogens is 462 g/mol. The third-order valence-electron chi connectivity index (χ3n) is 4.42. The van der Waals surface area contributed by atoms with Crippen LogP contribution in [-0.2, 0) is 18.8 Å². The zero-order chi connectivity index (χ0) is 24.2. The van der Waals surface area contributed by atoms with Crippen molar-refractivity contribution in [2.45, 2.75) is 129 Å². The molecule has 0 aliphatic carbocycles. The smallest absolute Gasteiger partial charge is 1.00 e. The normalized spacial score (nSPS) is 12.5. The molecule has 0 rings (SSSR count). The van der Waals surface area contributed by atoms with E-state index in [1.807, 2.05) is 20.8 Å². The van der Waals surface area contributed by atoms with Crippen molar-refractivity contribution in [2.24, 2.45) is 0 Å². The van der Waals surface area contributed by atoms with Gasteiger partial charge in [0.25, 0.3) is 0 Å². The van der Waals surface area contributed by atoms with Crippen molar-refractivity contribution in [2.75, 3.05) is 6.61 Å². The van der Waals surface area contributed by atoms with Gasteiger partial charge in [-0.15, -0.1) is 0 Å². The minimum Gasteiger partial charge on any atom is -1.00 e. The Labute approximate surface area is 239 Å². The van der Waals surface area contributed by atoms with Gasteiger partial charge in [-0.2, -0.15) is 0 Å². The molecule has 0 heterocycles. The Balaban J connectivity index is -0.000000539. The van der Waals surface area contributed by atoms with Crippen LogP contribution in [0.3, 0.4) is 0 Å². The molecule has 1 atom stereocenters. The Morgan fingerprint density at radius 1 is 0.844 bits per heavy atom. The number of hydrogen-bond acceptors (Lipinski definition) is 4. The first-order valence-electron chi connectivity index (χ1n) is 11.6. The first-order chi connectivity index (χ1) is 14.3. The van der Waals surface area contributed by atoms with Gasteiger partial charge in [-0.1, -0.05) is 84.0 Å². The van der Waals surface area contributed by atoms with Gasteiger partial charge < -0.3 is 30.7 Å². The number of ether oxygens (including phenoxy) is 2. The summed E-state index contributed by atoms with van der Waals surface area (Å²) in [7, 11) is -4.64. The van der Waals surface area contributed by atoms with E-state index in [1.54, 1.807) is 0 Å². The number of carbonyl (C=O) groups is 1. The molecule has 0 aliphatic rings. The summed E-state index contributed by atoms with van der Waals surface area (Å²) < 4.78 is 20.1. The standard InChI is InChI=1S/C22H44O4.K.H3O4P.H/c1-5-6-7-8-9-10-11-12-13-14-15-16-17-18-21(25-19-20(23)24)26-22(2,3)4;;1-5(2,3)4;/h21H,5-19H2,1-4H3,(H,23,24);;(H3,1,2,3,4);/q;+1;;-1. The van der Waals surface area contributed by atoms with Gasteiger partial charge in [-0.05, 0) is 33.6 Å². The van der Waals surface area contributed by atoms with Crippen LogP contribution in [0.4, 0.5) is 0 Å². The zero-order valence-corrected chi connectivity index (χ0v) is 25.1. The van der Waals surface area contributed by atoms with Gasteiger partial charge in [0.15, 0.2) is 6.29 Å². The molecule has 0 fully saturated rings. The van der Waals surface area contributed by atoms with Crippen LogP contribution in [0.25, 0.3) is 0 Å². The average molecular weight is 511 g/mol. The number of phosphoric acid groups is 1. The van der Waals surface area contributed by atoms with E-state index in [2.05, 4.69) is 6.92 Å². The zero-order valence-electron chi connectivity index (χ0n) is 22.1. The van der Waals surface area contributed by atoms with Crippen LogP contribution < -0.4 is 51.4 Å². The van der Waals surface area contributed by atoms with Gasteiger partial charge in [-0.25, -0.2) is 9.36 Å². The van der Waals surface area contributed by atoms with E-state index in [9.17, 15) is 4.79 Å². The molecule has 32 heavy (non-hydrogen) atoms. The molecule has 0 aliphatic heterocycles. The number of carboxylic acids is 1. The fourth-order valence-corrected chi connectivity index (χ4v) is 3.06. The van der Waals surface area contributed by atoms with Crippen LogP contribution in [0, 0.1) is 0 Å². The molecule has 190 valence electrons. The maximum absolute atomic E-state index is 10.7. The molecule has 4 N–H and O–H groups in total. The van der Waals surface area contributed by atoms with E-state index in [0.717, 1.165) is 19.3 Å². The maximum atomic E-state index is 10.7. The second-order valence-corrected chi connectivity index (χ2v) is 9.94. The summed E-state index contributed by atoms with van der Waals surface area (Å²) >= 11 is 0. The van der Waals surface area contributed by atoms with E-state index in [4.69, 9.17) is 33.8 Å². The number of aliphatic carboxylic acids is 1. The molecule has 0 saturated heterocycles. The maximum Gasteiger partial charge on any atom is 1.00 e. The van der Waals surface area contributed by atoms with Gasteiger partial charge in [0, 0.05) is 0 Å². The number of carboxylic acid groups (broad SMARTS) is 1. The fourth-order valence-electron chi connectivity index (χ4n) is 3.06. The molecule has 10 heteroatoms. The SMILES string of the molecule is CCCCCCCCCCCCCCCC(OCC(=O)O)OC(C)(C)C.O=P(O)(O)O.[H-].[K+]. The van der Waals surface area contributed by atoms with Crippen LogP contribution in [0.2, 0.25) is 0 Å². The molecule has 0 aromatic rings. The van der Waals surface area contributed by atoms with E-state index >= 15 is 0 Å². The Hall–Kier alpha value is 1.14. The van der Waals surface area contributed by atoms with Gasteiger partial charge >= 0.3 is 65.2 Å². The third kappa shape index (κ3) is 41.4. The fraction of sp³-hybridized carbons (Fsp3) is 0.955. The van der Waals surface area contributed by atoms with Gasteiger partial charge in [0.1, 0.15) is 6.61 Å². The Bertz CT molecular complexity index is 464. The Kier molecular flexibility index (Phi) is 28.1. The van der Waals surface area contributed by atoms with Crippen molar-refractivity contribution in [3.05, 3.63) is 0 Å².